The van der Waals surface area contributed by atoms with Crippen LogP contribution in [0.1, 0.15) is 12.1 Å². The van der Waals surface area contributed by atoms with Gasteiger partial charge in [0.1, 0.15) is 0 Å². The average molecular weight is 341 g/mol. The molecule has 1 aliphatic rings. The van der Waals surface area contributed by atoms with Gasteiger partial charge in [-0.1, -0.05) is 18.2 Å². The van der Waals surface area contributed by atoms with Crippen LogP contribution in [0.4, 0.5) is 5.69 Å². The minimum absolute atomic E-state index is 0.0199. The third-order valence-corrected chi connectivity index (χ3v) is 5.09. The van der Waals surface area contributed by atoms with Crippen LogP contribution in [-0.2, 0) is 11.3 Å². The molecule has 0 aliphatic carbocycles. The van der Waals surface area contributed by atoms with Crippen LogP contribution in [0.2, 0.25) is 0 Å². The van der Waals surface area contributed by atoms with Gasteiger partial charge in [-0.3, -0.25) is 9.20 Å². The van der Waals surface area contributed by atoms with Crippen molar-refractivity contribution in [1.82, 2.24) is 9.38 Å². The van der Waals surface area contributed by atoms with Crippen molar-refractivity contribution in [3.63, 3.8) is 0 Å². The van der Waals surface area contributed by atoms with Crippen LogP contribution < -0.4 is 10.5 Å². The highest BCUT2D eigenvalue weighted by Crippen LogP contribution is 2.21. The Bertz CT molecular complexity index is 869. The van der Waals surface area contributed by atoms with Gasteiger partial charge in [-0.05, 0) is 18.6 Å². The van der Waals surface area contributed by atoms with E-state index in [2.05, 4.69) is 22.0 Å². The van der Waals surface area contributed by atoms with E-state index in [0.717, 1.165) is 42.5 Å². The molecule has 124 valence electrons. The summed E-state index contributed by atoms with van der Waals surface area (Å²) in [6.45, 7) is 3.19. The fourth-order valence-electron chi connectivity index (χ4n) is 3.10. The molecule has 0 spiro atoms. The second kappa shape index (κ2) is 6.75. The molecule has 6 heteroatoms. The number of rotatable bonds is 5. The maximum atomic E-state index is 12.2. The summed E-state index contributed by atoms with van der Waals surface area (Å²) in [5, 5.41) is 1.89. The topological polar surface area (TPSA) is 46.8 Å². The first kappa shape index (κ1) is 15.4. The third kappa shape index (κ3) is 3.20. The molecule has 3 heterocycles. The monoisotopic (exact) mass is 341 g/mol. The van der Waals surface area contributed by atoms with Gasteiger partial charge in [0, 0.05) is 42.4 Å². The predicted molar refractivity (Wildman–Crippen MR) is 95.8 cm³/mol. The lowest BCUT2D eigenvalue weighted by Crippen LogP contribution is -2.30. The summed E-state index contributed by atoms with van der Waals surface area (Å²) in [6, 6.07) is 11.9. The molecule has 3 aromatic rings. The number of anilines is 1. The molecule has 0 N–H and O–H groups in total. The quantitative estimate of drug-likeness (QED) is 0.716. The average Bonchev–Trinajstić information content (AvgIpc) is 3.27. The SMILES string of the molecule is O=c1cc(CN(C[C@H]2CCOC2)c2ccccc2)nc2sccn12. The lowest BCUT2D eigenvalue weighted by atomic mass is 10.1. The highest BCUT2D eigenvalue weighted by molar-refractivity contribution is 7.15. The van der Waals surface area contributed by atoms with Crippen LogP contribution in [0, 0.1) is 5.92 Å². The summed E-state index contributed by atoms with van der Waals surface area (Å²) >= 11 is 1.48. The molecule has 0 unspecified atom stereocenters. The van der Waals surface area contributed by atoms with E-state index in [1.807, 2.05) is 23.6 Å². The van der Waals surface area contributed by atoms with Gasteiger partial charge >= 0.3 is 0 Å². The number of nitrogens with zero attached hydrogens (tertiary/aromatic N) is 3. The van der Waals surface area contributed by atoms with Crippen molar-refractivity contribution >= 4 is 22.0 Å². The van der Waals surface area contributed by atoms with Crippen molar-refractivity contribution in [3.05, 3.63) is 64.0 Å². The molecular formula is C18H19N3O2S. The summed E-state index contributed by atoms with van der Waals surface area (Å²) in [6.07, 6.45) is 2.85. The molecule has 1 fully saturated rings. The normalized spacial score (nSPS) is 17.4. The molecule has 2 aromatic heterocycles. The number of ether oxygens (including phenoxy) is 1. The molecule has 0 amide bonds. The Hall–Kier alpha value is -2.18. The van der Waals surface area contributed by atoms with Crippen LogP contribution in [0.15, 0.2) is 52.8 Å². The molecule has 1 aliphatic heterocycles. The van der Waals surface area contributed by atoms with Gasteiger partial charge < -0.3 is 9.64 Å². The van der Waals surface area contributed by atoms with Crippen molar-refractivity contribution in [2.75, 3.05) is 24.7 Å². The van der Waals surface area contributed by atoms with Crippen molar-refractivity contribution in [2.45, 2.75) is 13.0 Å². The van der Waals surface area contributed by atoms with Crippen LogP contribution in [-0.4, -0.2) is 29.1 Å². The van der Waals surface area contributed by atoms with E-state index in [4.69, 9.17) is 4.74 Å². The lowest BCUT2D eigenvalue weighted by Gasteiger charge is -2.27. The Morgan fingerprint density at radius 1 is 1.33 bits per heavy atom. The number of para-hydroxylation sites is 1. The molecule has 5 nitrogen and oxygen atoms in total. The van der Waals surface area contributed by atoms with E-state index in [1.54, 1.807) is 16.7 Å². The van der Waals surface area contributed by atoms with Crippen LogP contribution in [0.5, 0.6) is 0 Å². The van der Waals surface area contributed by atoms with E-state index >= 15 is 0 Å². The van der Waals surface area contributed by atoms with Gasteiger partial charge in [0.15, 0.2) is 4.96 Å². The molecule has 1 saturated heterocycles. The van der Waals surface area contributed by atoms with Gasteiger partial charge in [0.05, 0.1) is 18.8 Å². The molecule has 0 radical (unpaired) electrons. The maximum absolute atomic E-state index is 12.2. The van der Waals surface area contributed by atoms with E-state index in [0.29, 0.717) is 12.5 Å². The molecule has 24 heavy (non-hydrogen) atoms. The predicted octanol–water partition coefficient (Wildman–Crippen LogP) is 2.80. The smallest absolute Gasteiger partial charge is 0.258 e. The van der Waals surface area contributed by atoms with E-state index < -0.39 is 0 Å². The first-order chi connectivity index (χ1) is 11.8. The Balaban J connectivity index is 1.63. The van der Waals surface area contributed by atoms with Crippen LogP contribution in [0.3, 0.4) is 0 Å². The van der Waals surface area contributed by atoms with Crippen molar-refractivity contribution in [3.8, 4) is 0 Å². The van der Waals surface area contributed by atoms with Crippen molar-refractivity contribution in [1.29, 1.82) is 0 Å². The largest absolute Gasteiger partial charge is 0.381 e. The second-order valence-electron chi connectivity index (χ2n) is 6.09. The molecule has 0 bridgehead atoms. The zero-order chi connectivity index (χ0) is 16.4. The number of fused-ring (bicyclic) bond motifs is 1. The fourth-order valence-corrected chi connectivity index (χ4v) is 3.84. The van der Waals surface area contributed by atoms with Gasteiger partial charge in [0.2, 0.25) is 0 Å². The third-order valence-electron chi connectivity index (χ3n) is 4.33. The molecule has 1 aromatic carbocycles. The number of thiazole rings is 1. The van der Waals surface area contributed by atoms with E-state index in [9.17, 15) is 4.79 Å². The van der Waals surface area contributed by atoms with E-state index in [1.165, 1.54) is 11.3 Å². The first-order valence-corrected chi connectivity index (χ1v) is 9.01. The maximum Gasteiger partial charge on any atom is 0.258 e. The van der Waals surface area contributed by atoms with Gasteiger partial charge in [-0.2, -0.15) is 0 Å². The van der Waals surface area contributed by atoms with Gasteiger partial charge in [-0.15, -0.1) is 11.3 Å². The second-order valence-corrected chi connectivity index (χ2v) is 6.96. The Kier molecular flexibility index (Phi) is 4.32. The molecular weight excluding hydrogens is 322 g/mol. The first-order valence-electron chi connectivity index (χ1n) is 8.13. The van der Waals surface area contributed by atoms with Crippen LogP contribution >= 0.6 is 11.3 Å². The fraction of sp³-hybridized carbons (Fsp3) is 0.333. The highest BCUT2D eigenvalue weighted by atomic mass is 32.1. The number of hydrogen-bond acceptors (Lipinski definition) is 5. The highest BCUT2D eigenvalue weighted by Gasteiger charge is 2.20. The Morgan fingerprint density at radius 3 is 3.00 bits per heavy atom. The summed E-state index contributed by atoms with van der Waals surface area (Å²) in [7, 11) is 0. The zero-order valence-corrected chi connectivity index (χ0v) is 14.1. The summed E-state index contributed by atoms with van der Waals surface area (Å²) in [5.74, 6) is 0.525. The number of benzene rings is 1. The lowest BCUT2D eigenvalue weighted by molar-refractivity contribution is 0.186. The van der Waals surface area contributed by atoms with Crippen LogP contribution in [0.25, 0.3) is 4.96 Å². The number of hydrogen-bond donors (Lipinski definition) is 0. The zero-order valence-electron chi connectivity index (χ0n) is 13.3. The van der Waals surface area contributed by atoms with E-state index in [-0.39, 0.29) is 5.56 Å². The molecule has 4 rings (SSSR count). The minimum atomic E-state index is -0.0199. The summed E-state index contributed by atoms with van der Waals surface area (Å²) in [4.78, 5) is 19.9. The number of aromatic nitrogens is 2. The molecule has 1 atom stereocenters. The standard InChI is InChI=1S/C18H19N3O2S/c22-17-10-15(19-18-21(17)7-9-24-18)12-20(11-14-6-8-23-13-14)16-4-2-1-3-5-16/h1-5,7,9-10,14H,6,8,11-13H2/t14-/m1/s1. The van der Waals surface area contributed by atoms with Crippen molar-refractivity contribution < 1.29 is 4.74 Å². The van der Waals surface area contributed by atoms with Gasteiger partial charge in [0.25, 0.3) is 5.56 Å². The Morgan fingerprint density at radius 2 is 2.21 bits per heavy atom. The summed E-state index contributed by atoms with van der Waals surface area (Å²) < 4.78 is 7.11. The Labute approximate surface area is 144 Å². The molecule has 0 saturated carbocycles. The minimum Gasteiger partial charge on any atom is -0.381 e. The van der Waals surface area contributed by atoms with Gasteiger partial charge in [-0.25, -0.2) is 4.98 Å². The summed E-state index contributed by atoms with van der Waals surface area (Å²) in [5.41, 5.74) is 1.94. The van der Waals surface area contributed by atoms with Crippen molar-refractivity contribution in [2.24, 2.45) is 5.92 Å².